The summed E-state index contributed by atoms with van der Waals surface area (Å²) in [5.41, 5.74) is 6.65. The summed E-state index contributed by atoms with van der Waals surface area (Å²) in [6.07, 6.45) is 0. The second kappa shape index (κ2) is 5.46. The minimum Gasteiger partial charge on any atom is -0.489 e. The van der Waals surface area contributed by atoms with Crippen molar-refractivity contribution < 1.29 is 9.13 Å². The molecule has 2 aromatic carbocycles. The van der Waals surface area contributed by atoms with Crippen molar-refractivity contribution in [3.8, 4) is 5.75 Å². The van der Waals surface area contributed by atoms with Crippen LogP contribution in [0, 0.1) is 5.82 Å². The SMILES string of the molecule is Nc1c(Cl)cc(OCc2cccc(F)c2)cc1Cl. The summed E-state index contributed by atoms with van der Waals surface area (Å²) < 4.78 is 18.4. The predicted octanol–water partition coefficient (Wildman–Crippen LogP) is 4.29. The Kier molecular flexibility index (Phi) is 3.94. The van der Waals surface area contributed by atoms with E-state index in [4.69, 9.17) is 33.7 Å². The second-order valence-corrected chi connectivity index (χ2v) is 4.53. The number of hydrogen-bond donors (Lipinski definition) is 1. The van der Waals surface area contributed by atoms with Crippen LogP contribution < -0.4 is 10.5 Å². The molecule has 18 heavy (non-hydrogen) atoms. The van der Waals surface area contributed by atoms with Crippen molar-refractivity contribution in [3.63, 3.8) is 0 Å². The summed E-state index contributed by atoms with van der Waals surface area (Å²) in [7, 11) is 0. The minimum absolute atomic E-state index is 0.230. The van der Waals surface area contributed by atoms with Gasteiger partial charge in [0.15, 0.2) is 0 Å². The molecule has 2 nitrogen and oxygen atoms in total. The van der Waals surface area contributed by atoms with Gasteiger partial charge in [-0.2, -0.15) is 0 Å². The van der Waals surface area contributed by atoms with Crippen molar-refractivity contribution in [2.24, 2.45) is 0 Å². The molecule has 0 aliphatic carbocycles. The molecule has 0 saturated carbocycles. The molecule has 0 aromatic heterocycles. The van der Waals surface area contributed by atoms with Crippen molar-refractivity contribution in [1.82, 2.24) is 0 Å². The number of rotatable bonds is 3. The van der Waals surface area contributed by atoms with Crippen LogP contribution in [0.1, 0.15) is 5.56 Å². The van der Waals surface area contributed by atoms with E-state index in [-0.39, 0.29) is 12.4 Å². The average Bonchev–Trinajstić information content (AvgIpc) is 2.33. The molecule has 0 atom stereocenters. The third kappa shape index (κ3) is 3.06. The maximum absolute atomic E-state index is 13.0. The van der Waals surface area contributed by atoms with Crippen LogP contribution in [0.25, 0.3) is 0 Å². The molecule has 94 valence electrons. The lowest BCUT2D eigenvalue weighted by Crippen LogP contribution is -1.97. The lowest BCUT2D eigenvalue weighted by atomic mass is 10.2. The molecule has 0 heterocycles. The predicted molar refractivity (Wildman–Crippen MR) is 71.6 cm³/mol. The summed E-state index contributed by atoms with van der Waals surface area (Å²) in [4.78, 5) is 0. The van der Waals surface area contributed by atoms with Gasteiger partial charge in [-0.1, -0.05) is 35.3 Å². The van der Waals surface area contributed by atoms with Crippen LogP contribution in [0.15, 0.2) is 36.4 Å². The van der Waals surface area contributed by atoms with E-state index in [0.29, 0.717) is 21.5 Å². The molecule has 0 spiro atoms. The first-order valence-corrected chi connectivity index (χ1v) is 5.93. The van der Waals surface area contributed by atoms with Crippen LogP contribution in [0.3, 0.4) is 0 Å². The Labute approximate surface area is 114 Å². The Bertz CT molecular complexity index is 552. The molecule has 0 aliphatic rings. The number of halogens is 3. The number of ether oxygens (including phenoxy) is 1. The molecular formula is C13H10Cl2FNO. The zero-order valence-electron chi connectivity index (χ0n) is 9.29. The molecule has 0 unspecified atom stereocenters. The average molecular weight is 286 g/mol. The molecule has 5 heteroatoms. The molecule has 2 aromatic rings. The van der Waals surface area contributed by atoms with Crippen LogP contribution in [-0.2, 0) is 6.61 Å². The lowest BCUT2D eigenvalue weighted by molar-refractivity contribution is 0.305. The van der Waals surface area contributed by atoms with E-state index in [0.717, 1.165) is 5.56 Å². The van der Waals surface area contributed by atoms with Gasteiger partial charge >= 0.3 is 0 Å². The third-order valence-corrected chi connectivity index (χ3v) is 2.97. The number of anilines is 1. The van der Waals surface area contributed by atoms with Gasteiger partial charge in [0.2, 0.25) is 0 Å². The van der Waals surface area contributed by atoms with Crippen LogP contribution >= 0.6 is 23.2 Å². The van der Waals surface area contributed by atoms with Gasteiger partial charge < -0.3 is 10.5 Å². The van der Waals surface area contributed by atoms with Gasteiger partial charge in [0, 0.05) is 12.1 Å². The fourth-order valence-corrected chi connectivity index (χ4v) is 1.90. The summed E-state index contributed by atoms with van der Waals surface area (Å²) >= 11 is 11.8. The summed E-state index contributed by atoms with van der Waals surface area (Å²) in [5, 5.41) is 0.661. The second-order valence-electron chi connectivity index (χ2n) is 3.72. The normalized spacial score (nSPS) is 10.4. The van der Waals surface area contributed by atoms with Gasteiger partial charge in [0.1, 0.15) is 18.2 Å². The first-order valence-electron chi connectivity index (χ1n) is 5.18. The highest BCUT2D eigenvalue weighted by atomic mass is 35.5. The number of nitrogen functional groups attached to an aromatic ring is 1. The Morgan fingerprint density at radius 3 is 2.39 bits per heavy atom. The first-order chi connectivity index (χ1) is 8.56. The first kappa shape index (κ1) is 13.0. The standard InChI is InChI=1S/C13H10Cl2FNO/c14-11-5-10(6-12(15)13(11)17)18-7-8-2-1-3-9(16)4-8/h1-6H,7,17H2. The van der Waals surface area contributed by atoms with Crippen LogP contribution in [0.5, 0.6) is 5.75 Å². The van der Waals surface area contributed by atoms with E-state index in [1.54, 1.807) is 24.3 Å². The number of benzene rings is 2. The number of nitrogens with two attached hydrogens (primary N) is 1. The lowest BCUT2D eigenvalue weighted by Gasteiger charge is -2.09. The fraction of sp³-hybridized carbons (Fsp3) is 0.0769. The summed E-state index contributed by atoms with van der Waals surface area (Å²) in [5.74, 6) is 0.188. The van der Waals surface area contributed by atoms with E-state index >= 15 is 0 Å². The molecule has 0 amide bonds. The molecule has 0 aliphatic heterocycles. The van der Waals surface area contributed by atoms with Crippen LogP contribution in [0.4, 0.5) is 10.1 Å². The molecular weight excluding hydrogens is 276 g/mol. The zero-order valence-corrected chi connectivity index (χ0v) is 10.8. The van der Waals surface area contributed by atoms with Gasteiger partial charge in [-0.15, -0.1) is 0 Å². The van der Waals surface area contributed by atoms with Gasteiger partial charge in [-0.3, -0.25) is 0 Å². The quantitative estimate of drug-likeness (QED) is 0.854. The van der Waals surface area contributed by atoms with E-state index < -0.39 is 0 Å². The summed E-state index contributed by atoms with van der Waals surface area (Å²) in [6.45, 7) is 0.230. The topological polar surface area (TPSA) is 35.2 Å². The minimum atomic E-state index is -0.301. The van der Waals surface area contributed by atoms with E-state index in [9.17, 15) is 4.39 Å². The molecule has 0 radical (unpaired) electrons. The van der Waals surface area contributed by atoms with Crippen molar-refractivity contribution >= 4 is 28.9 Å². The van der Waals surface area contributed by atoms with Gasteiger partial charge in [0.25, 0.3) is 0 Å². The van der Waals surface area contributed by atoms with Crippen molar-refractivity contribution in [2.75, 3.05) is 5.73 Å². The molecule has 2 rings (SSSR count). The zero-order chi connectivity index (χ0) is 13.1. The Balaban J connectivity index is 2.11. The monoisotopic (exact) mass is 285 g/mol. The maximum atomic E-state index is 13.0. The highest BCUT2D eigenvalue weighted by Gasteiger charge is 2.06. The van der Waals surface area contributed by atoms with Gasteiger partial charge in [-0.25, -0.2) is 4.39 Å². The van der Waals surface area contributed by atoms with E-state index in [2.05, 4.69) is 0 Å². The molecule has 2 N–H and O–H groups in total. The fourth-order valence-electron chi connectivity index (χ4n) is 1.44. The van der Waals surface area contributed by atoms with Crippen molar-refractivity contribution in [1.29, 1.82) is 0 Å². The Morgan fingerprint density at radius 1 is 1.11 bits per heavy atom. The Morgan fingerprint density at radius 2 is 1.78 bits per heavy atom. The highest BCUT2D eigenvalue weighted by molar-refractivity contribution is 6.39. The molecule has 0 fully saturated rings. The largest absolute Gasteiger partial charge is 0.489 e. The third-order valence-electron chi connectivity index (χ3n) is 2.35. The highest BCUT2D eigenvalue weighted by Crippen LogP contribution is 2.32. The van der Waals surface area contributed by atoms with Gasteiger partial charge in [-0.05, 0) is 17.7 Å². The van der Waals surface area contributed by atoms with Crippen molar-refractivity contribution in [2.45, 2.75) is 6.61 Å². The Hall–Kier alpha value is -1.45. The van der Waals surface area contributed by atoms with Crippen molar-refractivity contribution in [3.05, 3.63) is 57.8 Å². The summed E-state index contributed by atoms with van der Waals surface area (Å²) in [6, 6.07) is 9.31. The number of hydrogen-bond acceptors (Lipinski definition) is 2. The van der Waals surface area contributed by atoms with E-state index in [1.165, 1.54) is 12.1 Å². The van der Waals surface area contributed by atoms with E-state index in [1.807, 2.05) is 0 Å². The smallest absolute Gasteiger partial charge is 0.123 e. The molecule has 0 saturated heterocycles. The molecule has 0 bridgehead atoms. The maximum Gasteiger partial charge on any atom is 0.123 e. The van der Waals surface area contributed by atoms with Crippen LogP contribution in [0.2, 0.25) is 10.0 Å². The van der Waals surface area contributed by atoms with Crippen LogP contribution in [-0.4, -0.2) is 0 Å². The van der Waals surface area contributed by atoms with Gasteiger partial charge in [0.05, 0.1) is 15.7 Å².